The number of carbonyl (C=O) groups is 1. The Morgan fingerprint density at radius 3 is 2.50 bits per heavy atom. The Kier molecular flexibility index (Phi) is 5.45. The highest BCUT2D eigenvalue weighted by molar-refractivity contribution is 5.77. The third-order valence-corrected chi connectivity index (χ3v) is 2.58. The van der Waals surface area contributed by atoms with Crippen LogP contribution in [0.15, 0.2) is 24.3 Å². The van der Waals surface area contributed by atoms with E-state index in [2.05, 4.69) is 0 Å². The Morgan fingerprint density at radius 1 is 1.22 bits per heavy atom. The van der Waals surface area contributed by atoms with Gasteiger partial charge >= 0.3 is 0 Å². The number of nitrogen functional groups attached to an aromatic ring is 1. The van der Waals surface area contributed by atoms with Crippen LogP contribution < -0.4 is 10.5 Å². The molecule has 0 atom stereocenters. The van der Waals surface area contributed by atoms with E-state index in [0.717, 1.165) is 6.54 Å². The Bertz CT molecular complexity index is 394. The van der Waals surface area contributed by atoms with Gasteiger partial charge in [-0.15, -0.1) is 0 Å². The van der Waals surface area contributed by atoms with Crippen LogP contribution in [0.5, 0.6) is 5.75 Å². The van der Waals surface area contributed by atoms with Crippen molar-refractivity contribution in [2.45, 2.75) is 0 Å². The number of nitrogens with two attached hydrogens (primary N) is 1. The largest absolute Gasteiger partial charge is 0.482 e. The van der Waals surface area contributed by atoms with Crippen molar-refractivity contribution in [1.29, 1.82) is 0 Å². The molecule has 1 aromatic carbocycles. The first kappa shape index (κ1) is 14.3. The third-order valence-electron chi connectivity index (χ3n) is 2.58. The molecule has 18 heavy (non-hydrogen) atoms. The second kappa shape index (κ2) is 6.86. The number of likely N-dealkylation sites (N-methyl/N-ethyl adjacent to an activating group) is 2. The number of hydrogen-bond acceptors (Lipinski definition) is 4. The number of carbonyl (C=O) groups excluding carboxylic acids is 1. The predicted molar refractivity (Wildman–Crippen MR) is 72.5 cm³/mol. The molecule has 0 radical (unpaired) electrons. The van der Waals surface area contributed by atoms with Gasteiger partial charge in [-0.05, 0) is 26.2 Å². The second-order valence-corrected chi connectivity index (χ2v) is 4.45. The molecule has 0 heterocycles. The number of hydrogen-bond donors (Lipinski definition) is 1. The molecule has 2 N–H and O–H groups in total. The molecule has 0 aliphatic carbocycles. The number of ether oxygens (including phenoxy) is 1. The minimum absolute atomic E-state index is 0.0120. The van der Waals surface area contributed by atoms with E-state index in [1.54, 1.807) is 24.1 Å². The van der Waals surface area contributed by atoms with E-state index in [-0.39, 0.29) is 12.5 Å². The van der Waals surface area contributed by atoms with Gasteiger partial charge in [0.1, 0.15) is 5.75 Å². The highest BCUT2D eigenvalue weighted by Gasteiger charge is 2.10. The molecule has 5 heteroatoms. The summed E-state index contributed by atoms with van der Waals surface area (Å²) in [6, 6.07) is 7.15. The van der Waals surface area contributed by atoms with E-state index in [0.29, 0.717) is 18.0 Å². The van der Waals surface area contributed by atoms with Crippen LogP contribution in [0.2, 0.25) is 0 Å². The normalized spacial score (nSPS) is 10.4. The van der Waals surface area contributed by atoms with Gasteiger partial charge in [0.05, 0.1) is 5.69 Å². The summed E-state index contributed by atoms with van der Waals surface area (Å²) in [5.41, 5.74) is 6.27. The van der Waals surface area contributed by atoms with Crippen LogP contribution in [-0.4, -0.2) is 56.5 Å². The average Bonchev–Trinajstić information content (AvgIpc) is 2.34. The highest BCUT2D eigenvalue weighted by atomic mass is 16.5. The monoisotopic (exact) mass is 251 g/mol. The first-order valence-electron chi connectivity index (χ1n) is 5.86. The SMILES string of the molecule is CN(C)CCN(C)C(=O)COc1ccccc1N. The zero-order valence-corrected chi connectivity index (χ0v) is 11.2. The number of benzene rings is 1. The van der Waals surface area contributed by atoms with Gasteiger partial charge in [0.15, 0.2) is 6.61 Å². The summed E-state index contributed by atoms with van der Waals surface area (Å²) in [5.74, 6) is 0.493. The van der Waals surface area contributed by atoms with Crippen LogP contribution in [0.3, 0.4) is 0 Å². The Morgan fingerprint density at radius 2 is 1.89 bits per heavy atom. The molecule has 5 nitrogen and oxygen atoms in total. The summed E-state index contributed by atoms with van der Waals surface area (Å²) in [6.45, 7) is 1.52. The summed E-state index contributed by atoms with van der Waals surface area (Å²) >= 11 is 0. The number of rotatable bonds is 6. The zero-order valence-electron chi connectivity index (χ0n) is 11.2. The molecule has 0 aromatic heterocycles. The fourth-order valence-electron chi connectivity index (χ4n) is 1.34. The molecule has 0 bridgehead atoms. The van der Waals surface area contributed by atoms with Crippen LogP contribution in [0.25, 0.3) is 0 Å². The van der Waals surface area contributed by atoms with Gasteiger partial charge in [0.25, 0.3) is 5.91 Å². The Labute approximate surface area is 108 Å². The first-order valence-corrected chi connectivity index (χ1v) is 5.86. The minimum atomic E-state index is -0.0555. The van der Waals surface area contributed by atoms with E-state index in [9.17, 15) is 4.79 Å². The molecule has 0 fully saturated rings. The fraction of sp³-hybridized carbons (Fsp3) is 0.462. The number of para-hydroxylation sites is 2. The van der Waals surface area contributed by atoms with Gasteiger partial charge in [-0.2, -0.15) is 0 Å². The van der Waals surface area contributed by atoms with Gasteiger partial charge in [-0.3, -0.25) is 4.79 Å². The van der Waals surface area contributed by atoms with Gasteiger partial charge in [-0.1, -0.05) is 12.1 Å². The maximum atomic E-state index is 11.8. The molecule has 0 spiro atoms. The third kappa shape index (κ3) is 4.63. The molecule has 1 amide bonds. The topological polar surface area (TPSA) is 58.8 Å². The smallest absolute Gasteiger partial charge is 0.260 e. The maximum absolute atomic E-state index is 11.8. The Balaban J connectivity index is 2.39. The van der Waals surface area contributed by atoms with E-state index >= 15 is 0 Å². The quantitative estimate of drug-likeness (QED) is 0.755. The van der Waals surface area contributed by atoms with Crippen molar-refractivity contribution in [2.75, 3.05) is 46.6 Å². The van der Waals surface area contributed by atoms with E-state index in [1.165, 1.54) is 0 Å². The van der Waals surface area contributed by atoms with Crippen molar-refractivity contribution < 1.29 is 9.53 Å². The summed E-state index contributed by atoms with van der Waals surface area (Å²) in [6.07, 6.45) is 0. The molecular formula is C13H21N3O2. The fourth-order valence-corrected chi connectivity index (χ4v) is 1.34. The summed E-state index contributed by atoms with van der Waals surface area (Å²) < 4.78 is 5.40. The molecular weight excluding hydrogens is 230 g/mol. The lowest BCUT2D eigenvalue weighted by atomic mass is 10.3. The molecule has 100 valence electrons. The maximum Gasteiger partial charge on any atom is 0.260 e. The molecule has 0 unspecified atom stereocenters. The number of amides is 1. The van der Waals surface area contributed by atoms with Crippen molar-refractivity contribution in [3.05, 3.63) is 24.3 Å². The second-order valence-electron chi connectivity index (χ2n) is 4.45. The molecule has 1 rings (SSSR count). The molecule has 0 saturated carbocycles. The summed E-state index contributed by atoms with van der Waals surface area (Å²) in [4.78, 5) is 15.5. The van der Waals surface area contributed by atoms with Gasteiger partial charge in [-0.25, -0.2) is 0 Å². The van der Waals surface area contributed by atoms with Crippen molar-refractivity contribution in [1.82, 2.24) is 9.80 Å². The number of anilines is 1. The summed E-state index contributed by atoms with van der Waals surface area (Å²) in [7, 11) is 5.71. The van der Waals surface area contributed by atoms with E-state index < -0.39 is 0 Å². The van der Waals surface area contributed by atoms with Crippen LogP contribution in [0.1, 0.15) is 0 Å². The van der Waals surface area contributed by atoms with Crippen molar-refractivity contribution in [3.63, 3.8) is 0 Å². The van der Waals surface area contributed by atoms with Crippen LogP contribution >= 0.6 is 0 Å². The van der Waals surface area contributed by atoms with E-state index in [1.807, 2.05) is 31.1 Å². The summed E-state index contributed by atoms with van der Waals surface area (Å²) in [5, 5.41) is 0. The minimum Gasteiger partial charge on any atom is -0.482 e. The lowest BCUT2D eigenvalue weighted by molar-refractivity contribution is -0.132. The molecule has 0 aliphatic rings. The Hall–Kier alpha value is -1.75. The molecule has 0 saturated heterocycles. The van der Waals surface area contributed by atoms with Crippen molar-refractivity contribution >= 4 is 11.6 Å². The lowest BCUT2D eigenvalue weighted by Crippen LogP contribution is -2.36. The van der Waals surface area contributed by atoms with Crippen molar-refractivity contribution in [3.8, 4) is 5.75 Å². The van der Waals surface area contributed by atoms with Gasteiger partial charge in [0, 0.05) is 20.1 Å². The average molecular weight is 251 g/mol. The van der Waals surface area contributed by atoms with E-state index in [4.69, 9.17) is 10.5 Å². The van der Waals surface area contributed by atoms with Crippen LogP contribution in [-0.2, 0) is 4.79 Å². The van der Waals surface area contributed by atoms with Crippen molar-refractivity contribution in [2.24, 2.45) is 0 Å². The standard InChI is InChI=1S/C13H21N3O2/c1-15(2)8-9-16(3)13(17)10-18-12-7-5-4-6-11(12)14/h4-7H,8-10,14H2,1-3H3. The van der Waals surface area contributed by atoms with Gasteiger partial charge in [0.2, 0.25) is 0 Å². The highest BCUT2D eigenvalue weighted by Crippen LogP contribution is 2.19. The molecule has 1 aromatic rings. The lowest BCUT2D eigenvalue weighted by Gasteiger charge is -2.20. The van der Waals surface area contributed by atoms with Crippen LogP contribution in [0.4, 0.5) is 5.69 Å². The first-order chi connectivity index (χ1) is 8.50. The zero-order chi connectivity index (χ0) is 13.5. The predicted octanol–water partition coefficient (Wildman–Crippen LogP) is 0.668. The number of nitrogens with zero attached hydrogens (tertiary/aromatic N) is 2. The van der Waals surface area contributed by atoms with Crippen LogP contribution in [0, 0.1) is 0 Å². The molecule has 0 aliphatic heterocycles. The van der Waals surface area contributed by atoms with Gasteiger partial charge < -0.3 is 20.3 Å².